The van der Waals surface area contributed by atoms with Crippen LogP contribution in [0.15, 0.2) is 42.5 Å². The Balaban J connectivity index is 1.72. The summed E-state index contributed by atoms with van der Waals surface area (Å²) in [4.78, 5) is 22.9. The number of halogens is 2. The van der Waals surface area contributed by atoms with Crippen molar-refractivity contribution >= 4 is 79.2 Å². The molecular weight excluding hydrogens is 417 g/mol. The van der Waals surface area contributed by atoms with Gasteiger partial charge in [-0.1, -0.05) is 29.3 Å². The van der Waals surface area contributed by atoms with E-state index in [-0.39, 0.29) is 10.8 Å². The van der Waals surface area contributed by atoms with Gasteiger partial charge in [0, 0.05) is 32.9 Å². The van der Waals surface area contributed by atoms with E-state index in [1.807, 2.05) is 0 Å². The van der Waals surface area contributed by atoms with Crippen LogP contribution in [0.5, 0.6) is 0 Å². The number of benzene rings is 2. The number of thiophene rings is 1. The van der Waals surface area contributed by atoms with Crippen LogP contribution in [0.4, 0.5) is 11.4 Å². The van der Waals surface area contributed by atoms with E-state index in [0.717, 1.165) is 10.1 Å². The van der Waals surface area contributed by atoms with Crippen LogP contribution in [0.25, 0.3) is 10.1 Å². The molecular formula is C16H9Cl2N3O3S2. The second-order valence-electron chi connectivity index (χ2n) is 5.10. The van der Waals surface area contributed by atoms with Crippen molar-refractivity contribution in [3.63, 3.8) is 0 Å². The number of nitrogens with one attached hydrogen (secondary N) is 2. The normalized spacial score (nSPS) is 10.5. The van der Waals surface area contributed by atoms with Gasteiger partial charge in [0.25, 0.3) is 11.6 Å². The van der Waals surface area contributed by atoms with Crippen LogP contribution in [-0.2, 0) is 0 Å². The highest BCUT2D eigenvalue weighted by molar-refractivity contribution is 7.80. The Hall–Kier alpha value is -2.26. The number of carbonyl (C=O) groups is 1. The Bertz CT molecular complexity index is 1040. The molecule has 0 atom stereocenters. The molecule has 0 radical (unpaired) electrons. The van der Waals surface area contributed by atoms with E-state index in [4.69, 9.17) is 35.4 Å². The molecule has 0 saturated carbocycles. The number of hydrogen-bond acceptors (Lipinski definition) is 5. The fraction of sp³-hybridized carbons (Fsp3) is 0. The topological polar surface area (TPSA) is 84.3 Å². The van der Waals surface area contributed by atoms with Gasteiger partial charge in [-0.15, -0.1) is 11.3 Å². The van der Waals surface area contributed by atoms with Gasteiger partial charge in [-0.25, -0.2) is 0 Å². The van der Waals surface area contributed by atoms with E-state index < -0.39 is 10.8 Å². The molecule has 0 aliphatic carbocycles. The number of non-ortho nitro benzene ring substituents is 1. The number of nitrogens with zero attached hydrogens (tertiary/aromatic N) is 1. The zero-order valence-corrected chi connectivity index (χ0v) is 15.9. The van der Waals surface area contributed by atoms with Crippen molar-refractivity contribution < 1.29 is 9.72 Å². The zero-order valence-electron chi connectivity index (χ0n) is 12.8. The monoisotopic (exact) mass is 425 g/mol. The lowest BCUT2D eigenvalue weighted by Gasteiger charge is -2.08. The van der Waals surface area contributed by atoms with Crippen LogP contribution in [0, 0.1) is 10.1 Å². The quantitative estimate of drug-likeness (QED) is 0.340. The molecule has 0 aliphatic heterocycles. The maximum absolute atomic E-state index is 12.4. The summed E-state index contributed by atoms with van der Waals surface area (Å²) in [6.07, 6.45) is 0. The minimum atomic E-state index is -0.500. The number of amides is 1. The van der Waals surface area contributed by atoms with Crippen LogP contribution >= 0.6 is 46.8 Å². The van der Waals surface area contributed by atoms with E-state index in [1.165, 1.54) is 35.6 Å². The zero-order chi connectivity index (χ0) is 18.8. The van der Waals surface area contributed by atoms with Gasteiger partial charge in [0.2, 0.25) is 0 Å². The molecule has 1 heterocycles. The first-order valence-corrected chi connectivity index (χ1v) is 9.07. The third-order valence-electron chi connectivity index (χ3n) is 3.36. The molecule has 3 rings (SSSR count). The molecule has 2 aromatic carbocycles. The average Bonchev–Trinajstić information content (AvgIpc) is 2.91. The first-order chi connectivity index (χ1) is 12.3. The second kappa shape index (κ2) is 7.55. The lowest BCUT2D eigenvalue weighted by atomic mass is 10.2. The van der Waals surface area contributed by atoms with E-state index in [2.05, 4.69) is 10.6 Å². The number of carbonyl (C=O) groups excluding carboxylic acids is 1. The van der Waals surface area contributed by atoms with Gasteiger partial charge in [-0.2, -0.15) is 0 Å². The summed E-state index contributed by atoms with van der Waals surface area (Å²) < 4.78 is 0.793. The number of nitro groups is 1. The third-order valence-corrected chi connectivity index (χ3v) is 5.46. The van der Waals surface area contributed by atoms with Crippen molar-refractivity contribution in [3.05, 3.63) is 67.5 Å². The SMILES string of the molecule is O=C(NC(=S)Nc1ccc([N+](=O)[O-])cc1)c1sc2cc(Cl)ccc2c1Cl. The number of anilines is 1. The van der Waals surface area contributed by atoms with Crippen LogP contribution in [-0.4, -0.2) is 15.9 Å². The first-order valence-electron chi connectivity index (χ1n) is 7.09. The van der Waals surface area contributed by atoms with E-state index in [1.54, 1.807) is 18.2 Å². The molecule has 0 saturated heterocycles. The Morgan fingerprint density at radius 3 is 2.50 bits per heavy atom. The predicted molar refractivity (Wildman–Crippen MR) is 109 cm³/mol. The summed E-state index contributed by atoms with van der Waals surface area (Å²) >= 11 is 18.5. The smallest absolute Gasteiger partial charge is 0.269 e. The lowest BCUT2D eigenvalue weighted by molar-refractivity contribution is -0.384. The highest BCUT2D eigenvalue weighted by atomic mass is 35.5. The Labute approximate surface area is 166 Å². The Morgan fingerprint density at radius 1 is 1.15 bits per heavy atom. The summed E-state index contributed by atoms with van der Waals surface area (Å²) in [7, 11) is 0. The van der Waals surface area contributed by atoms with Crippen molar-refractivity contribution in [1.82, 2.24) is 5.32 Å². The molecule has 0 spiro atoms. The van der Waals surface area contributed by atoms with E-state index >= 15 is 0 Å². The highest BCUT2D eigenvalue weighted by Crippen LogP contribution is 2.36. The number of fused-ring (bicyclic) bond motifs is 1. The van der Waals surface area contributed by atoms with Crippen LogP contribution in [0.2, 0.25) is 10.0 Å². The van der Waals surface area contributed by atoms with Gasteiger partial charge in [0.15, 0.2) is 5.11 Å². The first kappa shape index (κ1) is 18.5. The van der Waals surface area contributed by atoms with Crippen molar-refractivity contribution in [1.29, 1.82) is 0 Å². The molecule has 26 heavy (non-hydrogen) atoms. The van der Waals surface area contributed by atoms with Gasteiger partial charge >= 0.3 is 0 Å². The second-order valence-corrected chi connectivity index (χ2v) is 7.37. The van der Waals surface area contributed by atoms with E-state index in [9.17, 15) is 14.9 Å². The van der Waals surface area contributed by atoms with Gasteiger partial charge in [0.05, 0.1) is 9.95 Å². The fourth-order valence-electron chi connectivity index (χ4n) is 2.17. The number of rotatable bonds is 3. The average molecular weight is 426 g/mol. The molecule has 3 aromatic rings. The summed E-state index contributed by atoms with van der Waals surface area (Å²) in [5, 5.41) is 17.6. The number of nitro benzene ring substituents is 1. The van der Waals surface area contributed by atoms with Crippen LogP contribution in [0.3, 0.4) is 0 Å². The molecule has 10 heteroatoms. The highest BCUT2D eigenvalue weighted by Gasteiger charge is 2.18. The lowest BCUT2D eigenvalue weighted by Crippen LogP contribution is -2.33. The molecule has 0 unspecified atom stereocenters. The van der Waals surface area contributed by atoms with Crippen molar-refractivity contribution in [3.8, 4) is 0 Å². The molecule has 1 aromatic heterocycles. The maximum atomic E-state index is 12.4. The van der Waals surface area contributed by atoms with Gasteiger partial charge in [-0.05, 0) is 36.5 Å². The minimum Gasteiger partial charge on any atom is -0.332 e. The van der Waals surface area contributed by atoms with Crippen LogP contribution in [0.1, 0.15) is 9.67 Å². The maximum Gasteiger partial charge on any atom is 0.269 e. The number of hydrogen-bond donors (Lipinski definition) is 2. The largest absolute Gasteiger partial charge is 0.332 e. The molecule has 0 fully saturated rings. The summed E-state index contributed by atoms with van der Waals surface area (Å²) in [6, 6.07) is 10.8. The minimum absolute atomic E-state index is 0.0405. The summed E-state index contributed by atoms with van der Waals surface area (Å²) in [5.41, 5.74) is 0.469. The van der Waals surface area contributed by atoms with Gasteiger partial charge in [0.1, 0.15) is 4.88 Å². The van der Waals surface area contributed by atoms with E-state index in [0.29, 0.717) is 20.6 Å². The molecule has 0 bridgehead atoms. The van der Waals surface area contributed by atoms with Gasteiger partial charge in [-0.3, -0.25) is 20.2 Å². The molecule has 0 aliphatic rings. The number of thiocarbonyl (C=S) groups is 1. The van der Waals surface area contributed by atoms with Gasteiger partial charge < -0.3 is 5.32 Å². The fourth-order valence-corrected chi connectivity index (χ4v) is 4.07. The van der Waals surface area contributed by atoms with Crippen molar-refractivity contribution in [2.24, 2.45) is 0 Å². The Kier molecular flexibility index (Phi) is 5.38. The summed E-state index contributed by atoms with van der Waals surface area (Å²) in [5.74, 6) is -0.452. The van der Waals surface area contributed by atoms with Crippen molar-refractivity contribution in [2.75, 3.05) is 5.32 Å². The predicted octanol–water partition coefficient (Wildman–Crippen LogP) is 5.24. The molecule has 1 amide bonds. The molecule has 132 valence electrons. The Morgan fingerprint density at radius 2 is 1.85 bits per heavy atom. The third kappa shape index (κ3) is 3.94. The summed E-state index contributed by atoms with van der Waals surface area (Å²) in [6.45, 7) is 0. The van der Waals surface area contributed by atoms with Crippen LogP contribution < -0.4 is 10.6 Å². The molecule has 2 N–H and O–H groups in total. The van der Waals surface area contributed by atoms with Crippen molar-refractivity contribution in [2.45, 2.75) is 0 Å². The standard InChI is InChI=1S/C16H9Cl2N3O3S2/c17-8-1-6-11-12(7-8)26-14(13(11)18)15(22)20-16(25)19-9-2-4-10(5-3-9)21(23)24/h1-7H,(H2,19,20,22,25). The molecule has 6 nitrogen and oxygen atoms in total.